The normalized spacial score (nSPS) is 27.0. The van der Waals surface area contributed by atoms with Crippen LogP contribution < -0.4 is 5.32 Å². The Morgan fingerprint density at radius 3 is 3.00 bits per heavy atom. The predicted octanol–water partition coefficient (Wildman–Crippen LogP) is 2.90. The van der Waals surface area contributed by atoms with E-state index >= 15 is 0 Å². The largest absolute Gasteiger partial charge is 0.316 e. The molecule has 2 heterocycles. The van der Waals surface area contributed by atoms with Crippen molar-refractivity contribution in [2.24, 2.45) is 5.92 Å². The molecule has 0 saturated carbocycles. The third-order valence-corrected chi connectivity index (χ3v) is 5.17. The molecule has 1 aromatic heterocycles. The van der Waals surface area contributed by atoms with Gasteiger partial charge in [0.1, 0.15) is 0 Å². The van der Waals surface area contributed by atoms with Crippen LogP contribution in [-0.2, 0) is 6.42 Å². The first-order chi connectivity index (χ1) is 6.79. The molecule has 1 aromatic rings. The number of nitrogens with one attached hydrogen (secondary N) is 1. The second-order valence-corrected chi connectivity index (χ2v) is 6.48. The second-order valence-electron chi connectivity index (χ2n) is 3.60. The van der Waals surface area contributed by atoms with Gasteiger partial charge in [0.2, 0.25) is 0 Å². The van der Waals surface area contributed by atoms with E-state index in [1.165, 1.54) is 22.8 Å². The van der Waals surface area contributed by atoms with Crippen LogP contribution in [0, 0.1) is 5.92 Å². The fourth-order valence-electron chi connectivity index (χ4n) is 1.84. The highest BCUT2D eigenvalue weighted by Crippen LogP contribution is 2.30. The van der Waals surface area contributed by atoms with Crippen molar-refractivity contribution in [2.45, 2.75) is 12.5 Å². The molecule has 1 nitrogen and oxygen atoms in total. The summed E-state index contributed by atoms with van der Waals surface area (Å²) in [4.78, 5) is 1.42. The molecule has 0 radical (unpaired) electrons. The molecule has 1 fully saturated rings. The molecule has 0 spiro atoms. The zero-order chi connectivity index (χ0) is 9.97. The molecule has 14 heavy (non-hydrogen) atoms. The van der Waals surface area contributed by atoms with Gasteiger partial charge in [-0.05, 0) is 37.3 Å². The molecule has 0 bridgehead atoms. The molecule has 4 heteroatoms. The Bertz CT molecular complexity index is 300. The van der Waals surface area contributed by atoms with Gasteiger partial charge in [0.15, 0.2) is 0 Å². The van der Waals surface area contributed by atoms with Crippen molar-refractivity contribution in [1.29, 1.82) is 0 Å². The van der Waals surface area contributed by atoms with Crippen LogP contribution >= 0.6 is 34.7 Å². The first-order valence-electron chi connectivity index (χ1n) is 4.79. The van der Waals surface area contributed by atoms with E-state index in [0.29, 0.717) is 6.04 Å². The maximum atomic E-state index is 5.91. The smallest absolute Gasteiger partial charge is 0.0931 e. The minimum Gasteiger partial charge on any atom is -0.316 e. The summed E-state index contributed by atoms with van der Waals surface area (Å²) in [6, 6.07) is 4.83. The Kier molecular flexibility index (Phi) is 3.77. The molecular weight excluding hydrogens is 234 g/mol. The van der Waals surface area contributed by atoms with Crippen LogP contribution in [0.4, 0.5) is 0 Å². The van der Waals surface area contributed by atoms with Crippen molar-refractivity contribution in [3.63, 3.8) is 0 Å². The van der Waals surface area contributed by atoms with Crippen LogP contribution in [-0.4, -0.2) is 24.6 Å². The second kappa shape index (κ2) is 4.88. The zero-order valence-electron chi connectivity index (χ0n) is 8.13. The van der Waals surface area contributed by atoms with Gasteiger partial charge in [-0.2, -0.15) is 11.8 Å². The van der Waals surface area contributed by atoms with Crippen LogP contribution in [0.1, 0.15) is 4.88 Å². The minimum atomic E-state index is 0.681. The highest BCUT2D eigenvalue weighted by atomic mass is 35.5. The van der Waals surface area contributed by atoms with Gasteiger partial charge in [0.05, 0.1) is 4.34 Å². The molecule has 0 aliphatic carbocycles. The third-order valence-electron chi connectivity index (χ3n) is 2.66. The number of halogens is 1. The molecule has 2 rings (SSSR count). The van der Waals surface area contributed by atoms with E-state index in [1.54, 1.807) is 11.3 Å². The molecule has 2 unspecified atom stereocenters. The summed E-state index contributed by atoms with van der Waals surface area (Å²) >= 11 is 9.68. The quantitative estimate of drug-likeness (QED) is 0.882. The Morgan fingerprint density at radius 2 is 2.36 bits per heavy atom. The molecule has 1 aliphatic rings. The van der Waals surface area contributed by atoms with Crippen molar-refractivity contribution in [1.82, 2.24) is 5.32 Å². The van der Waals surface area contributed by atoms with Gasteiger partial charge in [-0.25, -0.2) is 0 Å². The Balaban J connectivity index is 1.96. The number of hydrogen-bond acceptors (Lipinski definition) is 3. The maximum absolute atomic E-state index is 5.91. The van der Waals surface area contributed by atoms with Gasteiger partial charge >= 0.3 is 0 Å². The third kappa shape index (κ3) is 2.45. The van der Waals surface area contributed by atoms with Crippen LogP contribution in [0.3, 0.4) is 0 Å². The first-order valence-corrected chi connectivity index (χ1v) is 7.13. The first kappa shape index (κ1) is 10.8. The molecule has 1 N–H and O–H groups in total. The summed E-state index contributed by atoms with van der Waals surface area (Å²) in [6.45, 7) is 0. The van der Waals surface area contributed by atoms with E-state index in [9.17, 15) is 0 Å². The minimum absolute atomic E-state index is 0.681. The van der Waals surface area contributed by atoms with Crippen molar-refractivity contribution >= 4 is 34.7 Å². The maximum Gasteiger partial charge on any atom is 0.0931 e. The van der Waals surface area contributed by atoms with Gasteiger partial charge < -0.3 is 5.32 Å². The molecule has 2 atom stereocenters. The fourth-order valence-corrected chi connectivity index (χ4v) is 4.50. The number of thioether (sulfide) groups is 1. The molecule has 78 valence electrons. The van der Waals surface area contributed by atoms with E-state index in [4.69, 9.17) is 11.6 Å². The van der Waals surface area contributed by atoms with Crippen LogP contribution in [0.15, 0.2) is 12.1 Å². The van der Waals surface area contributed by atoms with Gasteiger partial charge in [-0.1, -0.05) is 11.6 Å². The summed E-state index contributed by atoms with van der Waals surface area (Å²) in [6.07, 6.45) is 1.18. The summed E-state index contributed by atoms with van der Waals surface area (Å²) in [5.41, 5.74) is 0. The summed E-state index contributed by atoms with van der Waals surface area (Å²) in [5.74, 6) is 3.31. The Hall–Kier alpha value is 0.300. The van der Waals surface area contributed by atoms with E-state index in [-0.39, 0.29) is 0 Å². The van der Waals surface area contributed by atoms with E-state index < -0.39 is 0 Å². The fraction of sp³-hybridized carbons (Fsp3) is 0.600. The lowest BCUT2D eigenvalue weighted by Crippen LogP contribution is -2.33. The van der Waals surface area contributed by atoms with Crippen LogP contribution in [0.2, 0.25) is 4.34 Å². The zero-order valence-corrected chi connectivity index (χ0v) is 10.5. The lowest BCUT2D eigenvalue weighted by Gasteiger charge is -2.16. The summed E-state index contributed by atoms with van der Waals surface area (Å²) in [5, 5.41) is 3.39. The summed E-state index contributed by atoms with van der Waals surface area (Å²) < 4.78 is 0.909. The molecule has 1 aliphatic heterocycles. The van der Waals surface area contributed by atoms with Gasteiger partial charge in [-0.15, -0.1) is 11.3 Å². The number of thiophene rings is 1. The average Bonchev–Trinajstić information content (AvgIpc) is 2.76. The lowest BCUT2D eigenvalue weighted by molar-refractivity contribution is 0.456. The van der Waals surface area contributed by atoms with E-state index in [0.717, 1.165) is 10.3 Å². The summed E-state index contributed by atoms with van der Waals surface area (Å²) in [7, 11) is 2.06. The van der Waals surface area contributed by atoms with Crippen molar-refractivity contribution < 1.29 is 0 Å². The van der Waals surface area contributed by atoms with E-state index in [1.807, 2.05) is 6.07 Å². The predicted molar refractivity (Wildman–Crippen MR) is 66.7 cm³/mol. The van der Waals surface area contributed by atoms with Gasteiger partial charge in [-0.3, -0.25) is 0 Å². The highest BCUT2D eigenvalue weighted by molar-refractivity contribution is 7.99. The van der Waals surface area contributed by atoms with Crippen molar-refractivity contribution in [3.05, 3.63) is 21.3 Å². The standard InChI is InChI=1S/C10H14ClNS2/c1-12-9-6-13-5-7(9)4-8-2-3-10(11)14-8/h2-3,7,9,12H,4-6H2,1H3. The van der Waals surface area contributed by atoms with Gasteiger partial charge in [0.25, 0.3) is 0 Å². The van der Waals surface area contributed by atoms with Crippen LogP contribution in [0.5, 0.6) is 0 Å². The topological polar surface area (TPSA) is 12.0 Å². The molecule has 0 amide bonds. The lowest BCUT2D eigenvalue weighted by atomic mass is 9.99. The van der Waals surface area contributed by atoms with Crippen molar-refractivity contribution in [2.75, 3.05) is 18.6 Å². The van der Waals surface area contributed by atoms with Crippen LogP contribution in [0.25, 0.3) is 0 Å². The number of rotatable bonds is 3. The molecule has 0 aromatic carbocycles. The Morgan fingerprint density at radius 1 is 1.50 bits per heavy atom. The number of hydrogen-bond donors (Lipinski definition) is 1. The van der Waals surface area contributed by atoms with Crippen molar-refractivity contribution in [3.8, 4) is 0 Å². The molecule has 1 saturated heterocycles. The van der Waals surface area contributed by atoms with E-state index in [2.05, 4.69) is 30.2 Å². The average molecular weight is 248 g/mol. The molecular formula is C10H14ClNS2. The monoisotopic (exact) mass is 247 g/mol. The van der Waals surface area contributed by atoms with Gasteiger partial charge in [0, 0.05) is 16.7 Å². The Labute approximate surface area is 98.2 Å². The highest BCUT2D eigenvalue weighted by Gasteiger charge is 2.26. The SMILES string of the molecule is CNC1CSCC1Cc1ccc(Cl)s1.